The van der Waals surface area contributed by atoms with Crippen molar-refractivity contribution in [2.24, 2.45) is 4.99 Å². The van der Waals surface area contributed by atoms with Gasteiger partial charge in [0.1, 0.15) is 0 Å². The van der Waals surface area contributed by atoms with Gasteiger partial charge in [-0.05, 0) is 25.5 Å². The number of ether oxygens (including phenoxy) is 1. The van der Waals surface area contributed by atoms with Crippen molar-refractivity contribution in [2.45, 2.75) is 30.8 Å². The Hall–Kier alpha value is -0.950. The molecule has 0 saturated carbocycles. The fourth-order valence-corrected chi connectivity index (χ4v) is 4.19. The lowest BCUT2D eigenvalue weighted by molar-refractivity contribution is -0.00834. The maximum atomic E-state index is 12.5. The Morgan fingerprint density at radius 1 is 1.21 bits per heavy atom. The second-order valence-corrected chi connectivity index (χ2v) is 9.71. The standard InChI is InChI=1S/C19H33N5O3S.HI/c1-19(2,24-10-12-27-13-11-24)15-22-18(20-3)21-14-16-8-6-7-9-17(16)28(25,26)23(4)5;/h6-9H,10-15H2,1-5H3,(H2,20,21,22);1H. The molecular formula is C19H34IN5O3S. The lowest BCUT2D eigenvalue weighted by Gasteiger charge is -2.41. The average Bonchev–Trinajstić information content (AvgIpc) is 2.69. The number of rotatable bonds is 7. The normalized spacial score (nSPS) is 16.4. The van der Waals surface area contributed by atoms with Gasteiger partial charge in [-0.3, -0.25) is 9.89 Å². The monoisotopic (exact) mass is 539 g/mol. The highest BCUT2D eigenvalue weighted by atomic mass is 127. The van der Waals surface area contributed by atoms with Crippen molar-refractivity contribution in [3.63, 3.8) is 0 Å². The van der Waals surface area contributed by atoms with E-state index in [0.717, 1.165) is 26.3 Å². The Bertz CT molecular complexity index is 778. The van der Waals surface area contributed by atoms with Gasteiger partial charge in [-0.1, -0.05) is 18.2 Å². The highest BCUT2D eigenvalue weighted by molar-refractivity contribution is 14.0. The lowest BCUT2D eigenvalue weighted by atomic mass is 10.0. The number of aliphatic imine (C=N–C) groups is 1. The SMILES string of the molecule is CN=C(NCc1ccccc1S(=O)(=O)N(C)C)NCC(C)(C)N1CCOCC1.I. The van der Waals surface area contributed by atoms with Crippen molar-refractivity contribution in [1.82, 2.24) is 19.8 Å². The molecule has 29 heavy (non-hydrogen) atoms. The molecule has 0 atom stereocenters. The van der Waals surface area contributed by atoms with Crippen LogP contribution >= 0.6 is 24.0 Å². The molecule has 2 rings (SSSR count). The molecule has 0 radical (unpaired) electrons. The first kappa shape index (κ1) is 26.1. The highest BCUT2D eigenvalue weighted by Crippen LogP contribution is 2.18. The molecule has 1 aliphatic rings. The zero-order valence-electron chi connectivity index (χ0n) is 17.9. The molecule has 0 unspecified atom stereocenters. The zero-order valence-corrected chi connectivity index (χ0v) is 21.1. The summed E-state index contributed by atoms with van der Waals surface area (Å²) >= 11 is 0. The minimum atomic E-state index is -3.50. The number of benzene rings is 1. The van der Waals surface area contributed by atoms with Gasteiger partial charge in [0, 0.05) is 52.9 Å². The summed E-state index contributed by atoms with van der Waals surface area (Å²) in [7, 11) is 1.28. The minimum Gasteiger partial charge on any atom is -0.379 e. The molecule has 8 nitrogen and oxygen atoms in total. The number of sulfonamides is 1. The van der Waals surface area contributed by atoms with E-state index in [1.54, 1.807) is 19.2 Å². The van der Waals surface area contributed by atoms with Gasteiger partial charge in [-0.15, -0.1) is 24.0 Å². The maximum Gasteiger partial charge on any atom is 0.242 e. The lowest BCUT2D eigenvalue weighted by Crippen LogP contribution is -2.56. The molecule has 0 amide bonds. The molecular weight excluding hydrogens is 505 g/mol. The summed E-state index contributed by atoms with van der Waals surface area (Å²) in [5.41, 5.74) is 0.652. The van der Waals surface area contributed by atoms with E-state index in [4.69, 9.17) is 4.74 Å². The largest absolute Gasteiger partial charge is 0.379 e. The molecule has 1 aromatic carbocycles. The van der Waals surface area contributed by atoms with E-state index in [1.165, 1.54) is 18.4 Å². The van der Waals surface area contributed by atoms with E-state index in [9.17, 15) is 8.42 Å². The molecule has 0 aliphatic carbocycles. The number of morpholine rings is 1. The first-order valence-corrected chi connectivity index (χ1v) is 10.9. The second-order valence-electron chi connectivity index (χ2n) is 7.59. The third-order valence-corrected chi connectivity index (χ3v) is 6.87. The fourth-order valence-electron chi connectivity index (χ4n) is 3.08. The van der Waals surface area contributed by atoms with Crippen molar-refractivity contribution in [2.75, 3.05) is 54.0 Å². The van der Waals surface area contributed by atoms with Crippen LogP contribution in [-0.4, -0.2) is 83.1 Å². The predicted molar refractivity (Wildman–Crippen MR) is 127 cm³/mol. The molecule has 0 spiro atoms. The van der Waals surface area contributed by atoms with Crippen molar-refractivity contribution in [3.05, 3.63) is 29.8 Å². The second kappa shape index (κ2) is 11.4. The van der Waals surface area contributed by atoms with Crippen LogP contribution in [0.3, 0.4) is 0 Å². The summed E-state index contributed by atoms with van der Waals surface area (Å²) in [4.78, 5) is 6.97. The number of nitrogens with zero attached hydrogens (tertiary/aromatic N) is 3. The molecule has 1 fully saturated rings. The van der Waals surface area contributed by atoms with Gasteiger partial charge in [-0.2, -0.15) is 0 Å². The Kier molecular flexibility index (Phi) is 10.3. The third-order valence-electron chi connectivity index (χ3n) is 4.96. The Balaban J connectivity index is 0.00000420. The van der Waals surface area contributed by atoms with Crippen LogP contribution in [0.1, 0.15) is 19.4 Å². The summed E-state index contributed by atoms with van der Waals surface area (Å²) in [6.45, 7) is 8.80. The van der Waals surface area contributed by atoms with E-state index in [-0.39, 0.29) is 29.5 Å². The zero-order chi connectivity index (χ0) is 20.8. The van der Waals surface area contributed by atoms with Crippen LogP contribution in [0.15, 0.2) is 34.2 Å². The average molecular weight is 539 g/mol. The molecule has 0 bridgehead atoms. The third kappa shape index (κ3) is 7.06. The smallest absolute Gasteiger partial charge is 0.242 e. The van der Waals surface area contributed by atoms with Gasteiger partial charge in [0.05, 0.1) is 18.1 Å². The van der Waals surface area contributed by atoms with Gasteiger partial charge < -0.3 is 15.4 Å². The number of hydrogen-bond acceptors (Lipinski definition) is 5. The van der Waals surface area contributed by atoms with E-state index < -0.39 is 10.0 Å². The van der Waals surface area contributed by atoms with E-state index >= 15 is 0 Å². The Morgan fingerprint density at radius 2 is 1.83 bits per heavy atom. The molecule has 0 aromatic heterocycles. The van der Waals surface area contributed by atoms with E-state index in [0.29, 0.717) is 29.5 Å². The summed E-state index contributed by atoms with van der Waals surface area (Å²) in [5, 5.41) is 6.58. The van der Waals surface area contributed by atoms with Crippen LogP contribution in [0.5, 0.6) is 0 Å². The Labute approximate surface area is 192 Å². The van der Waals surface area contributed by atoms with Crippen LogP contribution in [0, 0.1) is 0 Å². The minimum absolute atomic E-state index is 0. The number of hydrogen-bond donors (Lipinski definition) is 2. The fraction of sp³-hybridized carbons (Fsp3) is 0.632. The van der Waals surface area contributed by atoms with Gasteiger partial charge in [0.2, 0.25) is 10.0 Å². The highest BCUT2D eigenvalue weighted by Gasteiger charge is 2.28. The van der Waals surface area contributed by atoms with Crippen LogP contribution in [0.2, 0.25) is 0 Å². The van der Waals surface area contributed by atoms with Crippen molar-refractivity contribution in [1.29, 1.82) is 0 Å². The van der Waals surface area contributed by atoms with Crippen molar-refractivity contribution in [3.8, 4) is 0 Å². The first-order chi connectivity index (χ1) is 13.2. The van der Waals surface area contributed by atoms with Crippen LogP contribution in [-0.2, 0) is 21.3 Å². The maximum absolute atomic E-state index is 12.5. The molecule has 166 valence electrons. The number of guanidine groups is 1. The van der Waals surface area contributed by atoms with Crippen molar-refractivity contribution < 1.29 is 13.2 Å². The molecule has 2 N–H and O–H groups in total. The summed E-state index contributed by atoms with van der Waals surface area (Å²) in [6, 6.07) is 7.01. The molecule has 1 saturated heterocycles. The molecule has 1 aromatic rings. The molecule has 10 heteroatoms. The summed E-state index contributed by atoms with van der Waals surface area (Å²) < 4.78 is 31.7. The van der Waals surface area contributed by atoms with Gasteiger partial charge in [0.25, 0.3) is 0 Å². The molecule has 1 heterocycles. The quantitative estimate of drug-likeness (QED) is 0.309. The number of nitrogens with one attached hydrogen (secondary N) is 2. The van der Waals surface area contributed by atoms with Gasteiger partial charge >= 0.3 is 0 Å². The van der Waals surface area contributed by atoms with Crippen LogP contribution < -0.4 is 10.6 Å². The summed E-state index contributed by atoms with van der Waals surface area (Å²) in [5.74, 6) is 0.637. The predicted octanol–water partition coefficient (Wildman–Crippen LogP) is 1.33. The molecule has 1 aliphatic heterocycles. The Morgan fingerprint density at radius 3 is 2.41 bits per heavy atom. The summed E-state index contributed by atoms with van der Waals surface area (Å²) in [6.07, 6.45) is 0. The number of halogens is 1. The van der Waals surface area contributed by atoms with Gasteiger partial charge in [0.15, 0.2) is 5.96 Å². The van der Waals surface area contributed by atoms with E-state index in [1.807, 2.05) is 12.1 Å². The first-order valence-electron chi connectivity index (χ1n) is 9.46. The topological polar surface area (TPSA) is 86.3 Å². The van der Waals surface area contributed by atoms with E-state index in [2.05, 4.69) is 34.4 Å². The van der Waals surface area contributed by atoms with Crippen molar-refractivity contribution >= 4 is 40.0 Å². The van der Waals surface area contributed by atoms with Crippen LogP contribution in [0.4, 0.5) is 0 Å². The van der Waals surface area contributed by atoms with Gasteiger partial charge in [-0.25, -0.2) is 12.7 Å². The van der Waals surface area contributed by atoms with Crippen LogP contribution in [0.25, 0.3) is 0 Å².